The summed E-state index contributed by atoms with van der Waals surface area (Å²) in [4.78, 5) is 0. The summed E-state index contributed by atoms with van der Waals surface area (Å²) in [6.45, 7) is -0.157. The number of hydrogen-bond donors (Lipinski definition) is 0. The minimum atomic E-state index is -3.63. The third kappa shape index (κ3) is 3.97. The van der Waals surface area contributed by atoms with Crippen molar-refractivity contribution in [3.63, 3.8) is 0 Å². The van der Waals surface area contributed by atoms with E-state index in [1.54, 1.807) is 0 Å². The Hall–Kier alpha value is -2.72. The number of sulfonamides is 1. The van der Waals surface area contributed by atoms with E-state index in [-0.39, 0.29) is 29.6 Å². The molecule has 0 bridgehead atoms. The van der Waals surface area contributed by atoms with Gasteiger partial charge in [0.25, 0.3) is 5.89 Å². The predicted molar refractivity (Wildman–Crippen MR) is 103 cm³/mol. The fraction of sp³-hybridized carbons (Fsp3) is 0.300. The second-order valence-corrected chi connectivity index (χ2v) is 9.05. The van der Waals surface area contributed by atoms with E-state index < -0.39 is 28.2 Å². The van der Waals surface area contributed by atoms with Crippen LogP contribution in [0.2, 0.25) is 0 Å². The lowest BCUT2D eigenvalue weighted by Crippen LogP contribution is -2.33. The second-order valence-electron chi connectivity index (χ2n) is 7.11. The summed E-state index contributed by atoms with van der Waals surface area (Å²) in [5.74, 6) is -1.78. The van der Waals surface area contributed by atoms with Gasteiger partial charge in [-0.15, -0.1) is 10.2 Å². The summed E-state index contributed by atoms with van der Waals surface area (Å²) >= 11 is 0. The zero-order valence-electron chi connectivity index (χ0n) is 15.9. The van der Waals surface area contributed by atoms with Crippen LogP contribution in [0, 0.1) is 5.82 Å². The van der Waals surface area contributed by atoms with E-state index in [1.165, 1.54) is 16.4 Å². The lowest BCUT2D eigenvalue weighted by atomic mass is 10.1. The molecule has 1 aliphatic carbocycles. The Morgan fingerprint density at radius 3 is 2.63 bits per heavy atom. The summed E-state index contributed by atoms with van der Waals surface area (Å²) in [7, 11) is -3.63. The van der Waals surface area contributed by atoms with E-state index >= 15 is 0 Å². The van der Waals surface area contributed by atoms with Gasteiger partial charge in [0.15, 0.2) is 0 Å². The van der Waals surface area contributed by atoms with Crippen LogP contribution in [-0.2, 0) is 23.0 Å². The molecule has 0 aliphatic heterocycles. The molecule has 1 atom stereocenters. The summed E-state index contributed by atoms with van der Waals surface area (Å²) in [5, 5.41) is 6.72. The maximum atomic E-state index is 14.8. The van der Waals surface area contributed by atoms with E-state index in [4.69, 9.17) is 4.42 Å². The Morgan fingerprint density at radius 2 is 1.97 bits per heavy atom. The zero-order chi connectivity index (χ0) is 21.5. The first-order chi connectivity index (χ1) is 14.2. The molecule has 30 heavy (non-hydrogen) atoms. The molecule has 0 spiro atoms. The first kappa shape index (κ1) is 20.5. The van der Waals surface area contributed by atoms with Crippen LogP contribution in [0.1, 0.15) is 41.5 Å². The number of aromatic nitrogens is 2. The lowest BCUT2D eigenvalue weighted by Gasteiger charge is -2.27. The third-order valence-electron chi connectivity index (χ3n) is 5.13. The molecule has 4 rings (SSSR count). The molecule has 0 radical (unpaired) electrons. The standard InChI is InChI=1S/C20H18F3N3O3S/c1-30(27,28)26(17-9-8-12-4-2-3-5-15(12)17)11-14-7-6-13(10-16(14)21)19-24-25-20(29-19)18(22)23/h2-7,10,17-18H,8-9,11H2,1H3/t17-/m1/s1. The van der Waals surface area contributed by atoms with Crippen molar-refractivity contribution in [3.05, 3.63) is 70.9 Å². The molecule has 0 amide bonds. The highest BCUT2D eigenvalue weighted by molar-refractivity contribution is 7.88. The van der Waals surface area contributed by atoms with Gasteiger partial charge < -0.3 is 4.42 Å². The van der Waals surface area contributed by atoms with Crippen molar-refractivity contribution in [1.82, 2.24) is 14.5 Å². The van der Waals surface area contributed by atoms with E-state index in [0.29, 0.717) is 6.42 Å². The highest BCUT2D eigenvalue weighted by atomic mass is 32.2. The maximum absolute atomic E-state index is 14.8. The van der Waals surface area contributed by atoms with Gasteiger partial charge in [0.05, 0.1) is 12.3 Å². The Morgan fingerprint density at radius 1 is 1.20 bits per heavy atom. The van der Waals surface area contributed by atoms with Crippen LogP contribution < -0.4 is 0 Å². The summed E-state index contributed by atoms with van der Waals surface area (Å²) in [6, 6.07) is 11.1. The summed E-state index contributed by atoms with van der Waals surface area (Å²) in [6.07, 6.45) is -0.458. The second kappa shape index (κ2) is 7.84. The molecule has 158 valence electrons. The number of benzene rings is 2. The number of aryl methyl sites for hydroxylation is 1. The fourth-order valence-electron chi connectivity index (χ4n) is 3.71. The van der Waals surface area contributed by atoms with Crippen LogP contribution in [0.4, 0.5) is 13.2 Å². The van der Waals surface area contributed by atoms with Gasteiger partial charge in [-0.1, -0.05) is 30.3 Å². The van der Waals surface area contributed by atoms with E-state index in [9.17, 15) is 21.6 Å². The zero-order valence-corrected chi connectivity index (χ0v) is 16.7. The van der Waals surface area contributed by atoms with Crippen LogP contribution in [0.5, 0.6) is 0 Å². The van der Waals surface area contributed by atoms with Crippen molar-refractivity contribution in [2.24, 2.45) is 0 Å². The molecular formula is C20H18F3N3O3S. The first-order valence-electron chi connectivity index (χ1n) is 9.19. The average Bonchev–Trinajstić information content (AvgIpc) is 3.34. The van der Waals surface area contributed by atoms with Gasteiger partial charge in [0, 0.05) is 17.7 Å². The van der Waals surface area contributed by atoms with E-state index in [1.807, 2.05) is 24.3 Å². The topological polar surface area (TPSA) is 76.3 Å². The smallest absolute Gasteiger partial charge is 0.314 e. The van der Waals surface area contributed by atoms with E-state index in [2.05, 4.69) is 10.2 Å². The molecule has 0 saturated heterocycles. The van der Waals surface area contributed by atoms with Gasteiger partial charge in [-0.2, -0.15) is 13.1 Å². The molecule has 3 aromatic rings. The maximum Gasteiger partial charge on any atom is 0.314 e. The minimum Gasteiger partial charge on any atom is -0.415 e. The molecule has 2 aromatic carbocycles. The molecule has 1 heterocycles. The lowest BCUT2D eigenvalue weighted by molar-refractivity contribution is 0.116. The third-order valence-corrected chi connectivity index (χ3v) is 6.36. The normalized spacial score (nSPS) is 16.4. The Labute approximate surface area is 171 Å². The molecule has 0 N–H and O–H groups in total. The number of halogens is 3. The van der Waals surface area contributed by atoms with Gasteiger partial charge in [-0.3, -0.25) is 0 Å². The van der Waals surface area contributed by atoms with Gasteiger partial charge in [-0.25, -0.2) is 12.8 Å². The highest BCUT2D eigenvalue weighted by Gasteiger charge is 2.33. The molecule has 6 nitrogen and oxygen atoms in total. The van der Waals surface area contributed by atoms with Crippen LogP contribution >= 0.6 is 0 Å². The summed E-state index contributed by atoms with van der Waals surface area (Å²) < 4.78 is 71.1. The SMILES string of the molecule is CS(=O)(=O)N(Cc1ccc(-c2nnc(C(F)F)o2)cc1F)[C@@H]1CCc2ccccc21. The molecule has 1 aliphatic rings. The molecule has 0 unspecified atom stereocenters. The minimum absolute atomic E-state index is 0.132. The van der Waals surface area contributed by atoms with Gasteiger partial charge in [-0.05, 0) is 36.1 Å². The van der Waals surface area contributed by atoms with Crippen LogP contribution in [0.15, 0.2) is 46.9 Å². The quantitative estimate of drug-likeness (QED) is 0.576. The molecule has 0 saturated carbocycles. The molecule has 10 heteroatoms. The number of hydrogen-bond acceptors (Lipinski definition) is 5. The van der Waals surface area contributed by atoms with Crippen LogP contribution in [0.25, 0.3) is 11.5 Å². The number of nitrogens with zero attached hydrogens (tertiary/aromatic N) is 3. The van der Waals surface area contributed by atoms with Crippen molar-refractivity contribution in [1.29, 1.82) is 0 Å². The Bertz CT molecular complexity index is 1180. The molecule has 0 fully saturated rings. The monoisotopic (exact) mass is 437 g/mol. The number of rotatable bonds is 6. The molecular weight excluding hydrogens is 419 g/mol. The van der Waals surface area contributed by atoms with Crippen molar-refractivity contribution < 1.29 is 26.0 Å². The highest BCUT2D eigenvalue weighted by Crippen LogP contribution is 2.38. The largest absolute Gasteiger partial charge is 0.415 e. The average molecular weight is 437 g/mol. The summed E-state index contributed by atoms with van der Waals surface area (Å²) in [5.41, 5.74) is 2.29. The van der Waals surface area contributed by atoms with Crippen LogP contribution in [0.3, 0.4) is 0 Å². The first-order valence-corrected chi connectivity index (χ1v) is 11.0. The van der Waals surface area contributed by atoms with Crippen LogP contribution in [-0.4, -0.2) is 29.2 Å². The Kier molecular flexibility index (Phi) is 5.37. The number of alkyl halides is 2. The van der Waals surface area contributed by atoms with Gasteiger partial charge in [0.2, 0.25) is 15.9 Å². The van der Waals surface area contributed by atoms with Crippen molar-refractivity contribution >= 4 is 10.0 Å². The van der Waals surface area contributed by atoms with Crippen molar-refractivity contribution in [2.75, 3.05) is 6.26 Å². The van der Waals surface area contributed by atoms with Gasteiger partial charge >= 0.3 is 6.43 Å². The van der Waals surface area contributed by atoms with E-state index in [0.717, 1.165) is 29.9 Å². The number of fused-ring (bicyclic) bond motifs is 1. The van der Waals surface area contributed by atoms with Crippen molar-refractivity contribution in [3.8, 4) is 11.5 Å². The van der Waals surface area contributed by atoms with Crippen molar-refractivity contribution in [2.45, 2.75) is 31.9 Å². The Balaban J connectivity index is 1.63. The van der Waals surface area contributed by atoms with Gasteiger partial charge in [0.1, 0.15) is 5.82 Å². The molecule has 1 aromatic heterocycles. The predicted octanol–water partition coefficient (Wildman–Crippen LogP) is 4.26. The fourth-order valence-corrected chi connectivity index (χ4v) is 4.76.